The van der Waals surface area contributed by atoms with Crippen LogP contribution in [0.2, 0.25) is 0 Å². The van der Waals surface area contributed by atoms with Gasteiger partial charge < -0.3 is 24.1 Å². The lowest BCUT2D eigenvalue weighted by Crippen LogP contribution is -2.29. The van der Waals surface area contributed by atoms with Crippen molar-refractivity contribution in [1.29, 1.82) is 0 Å². The van der Waals surface area contributed by atoms with Crippen LogP contribution >= 0.6 is 11.3 Å². The number of methoxy groups -OCH3 is 2. The Bertz CT molecular complexity index is 1660. The second-order valence-electron chi connectivity index (χ2n) is 9.92. The van der Waals surface area contributed by atoms with E-state index < -0.39 is 17.7 Å². The predicted octanol–water partition coefficient (Wildman–Crippen LogP) is 6.91. The maximum absolute atomic E-state index is 13.7. The molecule has 1 unspecified atom stereocenters. The Balaban J connectivity index is 1.64. The molecule has 9 nitrogen and oxygen atoms in total. The summed E-state index contributed by atoms with van der Waals surface area (Å²) in [5.74, 6) is 0.380. The number of carbonyl (C=O) groups is 2. The van der Waals surface area contributed by atoms with Crippen LogP contribution in [0, 0.1) is 0 Å². The number of hydrogen-bond acceptors (Lipinski definition) is 9. The van der Waals surface area contributed by atoms with Gasteiger partial charge in [0.1, 0.15) is 17.3 Å². The average Bonchev–Trinajstić information content (AvgIpc) is 3.56. The molecule has 224 valence electrons. The number of fused-ring (bicyclic) bond motifs is 1. The molecule has 1 amide bonds. The first kappa shape index (κ1) is 29.9. The molecule has 1 aromatic heterocycles. The molecule has 5 rings (SSSR count). The number of benzene rings is 3. The van der Waals surface area contributed by atoms with E-state index in [1.807, 2.05) is 25.1 Å². The number of aliphatic hydroxyl groups excluding tert-OH is 1. The molecule has 0 aliphatic carbocycles. The number of aliphatic hydroxyl groups is 1. The van der Waals surface area contributed by atoms with Gasteiger partial charge in [-0.2, -0.15) is 0 Å². The van der Waals surface area contributed by atoms with Crippen LogP contribution in [0.4, 0.5) is 5.13 Å². The highest BCUT2D eigenvalue weighted by molar-refractivity contribution is 7.22. The van der Waals surface area contributed by atoms with Gasteiger partial charge >= 0.3 is 5.91 Å². The van der Waals surface area contributed by atoms with Crippen LogP contribution in [0.5, 0.6) is 23.0 Å². The summed E-state index contributed by atoms with van der Waals surface area (Å²) in [7, 11) is 3.08. The fraction of sp³-hybridized carbons (Fsp3) is 0.303. The highest BCUT2D eigenvalue weighted by Crippen LogP contribution is 2.46. The van der Waals surface area contributed by atoms with Gasteiger partial charge in [-0.1, -0.05) is 37.2 Å². The summed E-state index contributed by atoms with van der Waals surface area (Å²) >= 11 is 1.27. The number of nitrogens with zero attached hydrogens (tertiary/aromatic N) is 2. The van der Waals surface area contributed by atoms with Crippen LogP contribution in [0.1, 0.15) is 50.3 Å². The van der Waals surface area contributed by atoms with E-state index in [1.165, 1.54) is 23.3 Å². The van der Waals surface area contributed by atoms with Gasteiger partial charge in [-0.15, -0.1) is 0 Å². The lowest BCUT2D eigenvalue weighted by molar-refractivity contribution is -0.132. The molecular formula is C33H34N2O7S. The van der Waals surface area contributed by atoms with Gasteiger partial charge in [-0.3, -0.25) is 14.5 Å². The molecule has 1 N–H and O–H groups in total. The van der Waals surface area contributed by atoms with Crippen LogP contribution in [-0.2, 0) is 9.59 Å². The van der Waals surface area contributed by atoms with Crippen molar-refractivity contribution in [1.82, 2.24) is 4.98 Å². The Morgan fingerprint density at radius 1 is 0.907 bits per heavy atom. The molecule has 1 aliphatic heterocycles. The standard InChI is InChI=1S/C33H34N2O7S/c1-5-7-8-17-42-25-16-11-21(18-26(25)40-4)29-28(30(36)20-9-12-22(39-3)13-10-20)31(37)32(38)35(29)33-34-24-15-14-23(41-6-2)19-27(24)43-33/h9-16,18-19,29,36H,5-8,17H2,1-4H3. The van der Waals surface area contributed by atoms with Gasteiger partial charge in [0, 0.05) is 5.56 Å². The van der Waals surface area contributed by atoms with Gasteiger partial charge in [0.2, 0.25) is 0 Å². The molecule has 1 atom stereocenters. The third-order valence-corrected chi connectivity index (χ3v) is 8.20. The number of ketones is 1. The average molecular weight is 603 g/mol. The minimum Gasteiger partial charge on any atom is -0.507 e. The van der Waals surface area contributed by atoms with E-state index in [1.54, 1.807) is 49.6 Å². The quantitative estimate of drug-likeness (QED) is 0.0807. The smallest absolute Gasteiger partial charge is 0.301 e. The number of anilines is 1. The van der Waals surface area contributed by atoms with Crippen molar-refractivity contribution in [2.75, 3.05) is 32.3 Å². The zero-order valence-electron chi connectivity index (χ0n) is 24.6. The van der Waals surface area contributed by atoms with Crippen LogP contribution in [0.25, 0.3) is 16.0 Å². The zero-order valence-corrected chi connectivity index (χ0v) is 25.4. The fourth-order valence-corrected chi connectivity index (χ4v) is 6.03. The van der Waals surface area contributed by atoms with Crippen molar-refractivity contribution in [3.8, 4) is 23.0 Å². The van der Waals surface area contributed by atoms with Crippen molar-refractivity contribution < 1.29 is 33.6 Å². The molecule has 4 aromatic rings. The third-order valence-electron chi connectivity index (χ3n) is 7.18. The van der Waals surface area contributed by atoms with Gasteiger partial charge in [-0.05, 0) is 73.5 Å². The van der Waals surface area contributed by atoms with Crippen LogP contribution in [0.3, 0.4) is 0 Å². The summed E-state index contributed by atoms with van der Waals surface area (Å²) < 4.78 is 23.3. The Hall–Kier alpha value is -4.57. The third kappa shape index (κ3) is 6.01. The maximum atomic E-state index is 13.7. The fourth-order valence-electron chi connectivity index (χ4n) is 5.01. The molecule has 1 aliphatic rings. The molecule has 1 fully saturated rings. The Labute approximate surface area is 254 Å². The monoisotopic (exact) mass is 602 g/mol. The zero-order chi connectivity index (χ0) is 30.5. The highest BCUT2D eigenvalue weighted by atomic mass is 32.1. The Kier molecular flexibility index (Phi) is 9.16. The van der Waals surface area contributed by atoms with Crippen molar-refractivity contribution in [3.63, 3.8) is 0 Å². The SMILES string of the molecule is CCCCCOc1ccc(C2C(=C(O)c3ccc(OC)cc3)C(=O)C(=O)N2c2nc3ccc(OCC)cc3s2)cc1OC. The van der Waals surface area contributed by atoms with Gasteiger partial charge in [-0.25, -0.2) is 4.98 Å². The normalized spacial score (nSPS) is 16.1. The number of thiazole rings is 1. The molecule has 2 heterocycles. The molecule has 0 spiro atoms. The first-order chi connectivity index (χ1) is 20.9. The highest BCUT2D eigenvalue weighted by Gasteiger charge is 2.48. The van der Waals surface area contributed by atoms with E-state index in [2.05, 4.69) is 6.92 Å². The van der Waals surface area contributed by atoms with Crippen LogP contribution in [-0.4, -0.2) is 49.2 Å². The lowest BCUT2D eigenvalue weighted by atomic mass is 9.95. The number of rotatable bonds is 12. The lowest BCUT2D eigenvalue weighted by Gasteiger charge is -2.24. The van der Waals surface area contributed by atoms with Crippen molar-refractivity contribution in [2.45, 2.75) is 39.2 Å². The van der Waals surface area contributed by atoms with E-state index in [9.17, 15) is 14.7 Å². The van der Waals surface area contributed by atoms with Crippen molar-refractivity contribution >= 4 is 44.1 Å². The predicted molar refractivity (Wildman–Crippen MR) is 167 cm³/mol. The van der Waals surface area contributed by atoms with E-state index >= 15 is 0 Å². The van der Waals surface area contributed by atoms with Crippen LogP contribution < -0.4 is 23.8 Å². The number of aromatic nitrogens is 1. The Morgan fingerprint density at radius 3 is 2.37 bits per heavy atom. The minimum atomic E-state index is -0.975. The van der Waals surface area contributed by atoms with E-state index in [-0.39, 0.29) is 11.3 Å². The van der Waals surface area contributed by atoms with Crippen molar-refractivity contribution in [2.24, 2.45) is 0 Å². The molecule has 10 heteroatoms. The first-order valence-electron chi connectivity index (χ1n) is 14.2. The molecule has 0 saturated carbocycles. The summed E-state index contributed by atoms with van der Waals surface area (Å²) in [5.41, 5.74) is 1.54. The number of amides is 1. The minimum absolute atomic E-state index is 0.0527. The van der Waals surface area contributed by atoms with Crippen molar-refractivity contribution in [3.05, 3.63) is 77.4 Å². The topological polar surface area (TPSA) is 107 Å². The van der Waals surface area contributed by atoms with E-state index in [0.717, 1.165) is 24.0 Å². The second kappa shape index (κ2) is 13.2. The molecule has 0 bridgehead atoms. The Morgan fingerprint density at radius 2 is 1.67 bits per heavy atom. The summed E-state index contributed by atoms with van der Waals surface area (Å²) in [6, 6.07) is 16.4. The largest absolute Gasteiger partial charge is 0.507 e. The summed E-state index contributed by atoms with van der Waals surface area (Å²) in [6.45, 7) is 5.08. The van der Waals surface area contributed by atoms with Crippen LogP contribution in [0.15, 0.2) is 66.2 Å². The summed E-state index contributed by atoms with van der Waals surface area (Å²) in [6.07, 6.45) is 3.03. The molecule has 3 aromatic carbocycles. The number of ether oxygens (including phenoxy) is 4. The molecule has 1 saturated heterocycles. The van der Waals surface area contributed by atoms with E-state index in [0.29, 0.717) is 58.0 Å². The second-order valence-corrected chi connectivity index (χ2v) is 10.9. The molecular weight excluding hydrogens is 568 g/mol. The summed E-state index contributed by atoms with van der Waals surface area (Å²) in [4.78, 5) is 33.4. The summed E-state index contributed by atoms with van der Waals surface area (Å²) in [5, 5.41) is 11.8. The molecule has 0 radical (unpaired) electrons. The molecule has 43 heavy (non-hydrogen) atoms. The first-order valence-corrected chi connectivity index (χ1v) is 15.0. The van der Waals surface area contributed by atoms with Gasteiger partial charge in [0.05, 0.1) is 49.3 Å². The number of carbonyl (C=O) groups excluding carboxylic acids is 2. The van der Waals surface area contributed by atoms with Gasteiger partial charge in [0.25, 0.3) is 5.78 Å². The number of hydrogen-bond donors (Lipinski definition) is 1. The maximum Gasteiger partial charge on any atom is 0.301 e. The number of Topliss-reactive ketones (excluding diaryl/α,β-unsaturated/α-hetero) is 1. The van der Waals surface area contributed by atoms with Gasteiger partial charge in [0.15, 0.2) is 16.6 Å². The number of unbranched alkanes of at least 4 members (excludes halogenated alkanes) is 2. The van der Waals surface area contributed by atoms with E-state index in [4.69, 9.17) is 23.9 Å².